The van der Waals surface area contributed by atoms with Gasteiger partial charge in [-0.1, -0.05) is 30.3 Å². The minimum absolute atomic E-state index is 0.334. The Bertz CT molecular complexity index is 1040. The van der Waals surface area contributed by atoms with Crippen molar-refractivity contribution < 1.29 is 23.6 Å². The van der Waals surface area contributed by atoms with Crippen molar-refractivity contribution in [2.24, 2.45) is 0 Å². The van der Waals surface area contributed by atoms with Gasteiger partial charge in [0.25, 0.3) is 11.6 Å². The van der Waals surface area contributed by atoms with Gasteiger partial charge >= 0.3 is 5.97 Å². The number of nitro groups is 1. The lowest BCUT2D eigenvalue weighted by molar-refractivity contribution is -0.384. The number of esters is 1. The van der Waals surface area contributed by atoms with Crippen LogP contribution in [-0.2, 0) is 9.53 Å². The first-order valence-corrected chi connectivity index (χ1v) is 8.87. The summed E-state index contributed by atoms with van der Waals surface area (Å²) in [5, 5.41) is 14.6. The quantitative estimate of drug-likeness (QED) is 0.379. The lowest BCUT2D eigenvalue weighted by Crippen LogP contribution is -2.21. The Balaban J connectivity index is 1.65. The van der Waals surface area contributed by atoms with E-state index in [9.17, 15) is 24.1 Å². The van der Waals surface area contributed by atoms with E-state index in [1.807, 2.05) is 30.3 Å². The van der Waals surface area contributed by atoms with E-state index in [0.717, 1.165) is 23.8 Å². The molecule has 28 heavy (non-hydrogen) atoms. The van der Waals surface area contributed by atoms with Crippen molar-refractivity contribution in [1.82, 2.24) is 0 Å². The third-order valence-electron chi connectivity index (χ3n) is 3.70. The number of hydrogen-bond acceptors (Lipinski definition) is 6. The molecule has 0 bridgehead atoms. The predicted octanol–water partition coefficient (Wildman–Crippen LogP) is 4.26. The molecule has 3 aromatic rings. The Morgan fingerprint density at radius 1 is 1.14 bits per heavy atom. The lowest BCUT2D eigenvalue weighted by atomic mass is 10.1. The molecule has 0 fully saturated rings. The van der Waals surface area contributed by atoms with Gasteiger partial charge in [0.05, 0.1) is 10.6 Å². The standard InChI is InChI=1S/C19H13FN2O5S/c20-15-7-6-13(22(25)26)10-16(15)21-17(23)11-27-19(24)18-14(8-9-28-18)12-4-2-1-3-5-12/h1-10H,11H2,(H,21,23). The molecule has 0 aliphatic rings. The number of carbonyl (C=O) groups excluding carboxylic acids is 2. The van der Waals surface area contributed by atoms with Crippen LogP contribution in [0.5, 0.6) is 0 Å². The molecule has 0 spiro atoms. The summed E-state index contributed by atoms with van der Waals surface area (Å²) in [6.45, 7) is -0.660. The summed E-state index contributed by atoms with van der Waals surface area (Å²) in [5.74, 6) is -2.34. The van der Waals surface area contributed by atoms with Crippen LogP contribution in [0.3, 0.4) is 0 Å². The summed E-state index contributed by atoms with van der Waals surface area (Å²) < 4.78 is 18.7. The molecule has 0 aliphatic heterocycles. The number of nitrogens with zero attached hydrogens (tertiary/aromatic N) is 1. The van der Waals surface area contributed by atoms with E-state index in [4.69, 9.17) is 4.74 Å². The van der Waals surface area contributed by atoms with Crippen molar-refractivity contribution >= 4 is 34.6 Å². The summed E-state index contributed by atoms with van der Waals surface area (Å²) in [6, 6.07) is 13.7. The molecule has 3 rings (SSSR count). The van der Waals surface area contributed by atoms with Gasteiger partial charge in [-0.15, -0.1) is 11.3 Å². The molecule has 2 aromatic carbocycles. The van der Waals surface area contributed by atoms with Gasteiger partial charge in [0.1, 0.15) is 10.7 Å². The predicted molar refractivity (Wildman–Crippen MR) is 102 cm³/mol. The lowest BCUT2D eigenvalue weighted by Gasteiger charge is -2.08. The average molecular weight is 400 g/mol. The van der Waals surface area contributed by atoms with Crippen molar-refractivity contribution in [2.75, 3.05) is 11.9 Å². The number of nitrogens with one attached hydrogen (secondary N) is 1. The number of nitro benzene ring substituents is 1. The van der Waals surface area contributed by atoms with Gasteiger partial charge in [0.15, 0.2) is 6.61 Å². The minimum Gasteiger partial charge on any atom is -0.451 e. The number of carbonyl (C=O) groups is 2. The van der Waals surface area contributed by atoms with E-state index >= 15 is 0 Å². The molecule has 0 saturated carbocycles. The molecular weight excluding hydrogens is 387 g/mol. The third-order valence-corrected chi connectivity index (χ3v) is 4.60. The van der Waals surface area contributed by atoms with Crippen LogP contribution in [0.2, 0.25) is 0 Å². The molecule has 0 unspecified atom stereocenters. The maximum absolute atomic E-state index is 13.7. The second-order valence-corrected chi connectivity index (χ2v) is 6.49. The van der Waals surface area contributed by atoms with Crippen LogP contribution >= 0.6 is 11.3 Å². The Morgan fingerprint density at radius 3 is 2.61 bits per heavy atom. The number of hydrogen-bond donors (Lipinski definition) is 1. The van der Waals surface area contributed by atoms with Crippen LogP contribution in [0.25, 0.3) is 11.1 Å². The van der Waals surface area contributed by atoms with Crippen LogP contribution in [-0.4, -0.2) is 23.4 Å². The van der Waals surface area contributed by atoms with Crippen molar-refractivity contribution in [2.45, 2.75) is 0 Å². The van der Waals surface area contributed by atoms with Crippen molar-refractivity contribution in [3.8, 4) is 11.1 Å². The molecule has 0 radical (unpaired) electrons. The highest BCUT2D eigenvalue weighted by atomic mass is 32.1. The van der Waals surface area contributed by atoms with Gasteiger partial charge in [-0.2, -0.15) is 0 Å². The van der Waals surface area contributed by atoms with Crippen LogP contribution in [0, 0.1) is 15.9 Å². The molecule has 0 saturated heterocycles. The van der Waals surface area contributed by atoms with Gasteiger partial charge in [-0.05, 0) is 23.1 Å². The number of anilines is 1. The maximum atomic E-state index is 13.7. The number of non-ortho nitro benzene ring substituents is 1. The zero-order valence-electron chi connectivity index (χ0n) is 14.3. The summed E-state index contributed by atoms with van der Waals surface area (Å²) in [6.07, 6.45) is 0. The van der Waals surface area contributed by atoms with Gasteiger partial charge in [0.2, 0.25) is 0 Å². The monoisotopic (exact) mass is 400 g/mol. The molecule has 1 amide bonds. The van der Waals surface area contributed by atoms with Gasteiger partial charge in [0, 0.05) is 17.7 Å². The fraction of sp³-hybridized carbons (Fsp3) is 0.0526. The molecule has 1 heterocycles. The zero-order valence-corrected chi connectivity index (χ0v) is 15.1. The van der Waals surface area contributed by atoms with Crippen molar-refractivity contribution in [3.05, 3.63) is 80.8 Å². The Labute approximate surface area is 162 Å². The van der Waals surface area contributed by atoms with Gasteiger partial charge < -0.3 is 10.1 Å². The molecule has 0 aliphatic carbocycles. The zero-order chi connectivity index (χ0) is 20.1. The van der Waals surface area contributed by atoms with E-state index in [1.165, 1.54) is 11.3 Å². The first-order valence-electron chi connectivity index (χ1n) is 7.99. The molecule has 1 aromatic heterocycles. The second-order valence-electron chi connectivity index (χ2n) is 5.57. The summed E-state index contributed by atoms with van der Waals surface area (Å²) in [4.78, 5) is 34.6. The van der Waals surface area contributed by atoms with Crippen molar-refractivity contribution in [3.63, 3.8) is 0 Å². The molecule has 142 valence electrons. The highest BCUT2D eigenvalue weighted by molar-refractivity contribution is 7.12. The Hall–Kier alpha value is -3.59. The van der Waals surface area contributed by atoms with Crippen LogP contribution in [0.15, 0.2) is 60.0 Å². The summed E-state index contributed by atoms with van der Waals surface area (Å²) >= 11 is 1.17. The largest absolute Gasteiger partial charge is 0.451 e. The first kappa shape index (κ1) is 19.2. The smallest absolute Gasteiger partial charge is 0.349 e. The number of ether oxygens (including phenoxy) is 1. The fourth-order valence-corrected chi connectivity index (χ4v) is 3.23. The SMILES string of the molecule is O=C(COC(=O)c1sccc1-c1ccccc1)Nc1cc([N+](=O)[O-])ccc1F. The van der Waals surface area contributed by atoms with Crippen LogP contribution in [0.1, 0.15) is 9.67 Å². The summed E-state index contributed by atoms with van der Waals surface area (Å²) in [7, 11) is 0. The topological polar surface area (TPSA) is 98.5 Å². The third kappa shape index (κ3) is 4.38. The average Bonchev–Trinajstić information content (AvgIpc) is 3.18. The van der Waals surface area contributed by atoms with Crippen LogP contribution in [0.4, 0.5) is 15.8 Å². The maximum Gasteiger partial charge on any atom is 0.349 e. The van der Waals surface area contributed by atoms with E-state index in [2.05, 4.69) is 5.32 Å². The highest BCUT2D eigenvalue weighted by Crippen LogP contribution is 2.28. The van der Waals surface area contributed by atoms with E-state index in [1.54, 1.807) is 11.4 Å². The molecular formula is C19H13FN2O5S. The van der Waals surface area contributed by atoms with Gasteiger partial charge in [-0.3, -0.25) is 14.9 Å². The number of halogens is 1. The Morgan fingerprint density at radius 2 is 1.89 bits per heavy atom. The van der Waals surface area contributed by atoms with E-state index in [-0.39, 0.29) is 11.4 Å². The first-order chi connectivity index (χ1) is 13.5. The summed E-state index contributed by atoms with van der Waals surface area (Å²) in [5.41, 5.74) is 0.774. The normalized spacial score (nSPS) is 10.3. The molecule has 0 atom stereocenters. The molecule has 1 N–H and O–H groups in total. The number of thiophene rings is 1. The van der Waals surface area contributed by atoms with Gasteiger partial charge in [-0.25, -0.2) is 9.18 Å². The second kappa shape index (κ2) is 8.40. The van der Waals surface area contributed by atoms with E-state index in [0.29, 0.717) is 10.4 Å². The Kier molecular flexibility index (Phi) is 5.75. The molecule has 9 heteroatoms. The molecule has 7 nitrogen and oxygen atoms in total. The number of rotatable bonds is 6. The number of benzene rings is 2. The fourth-order valence-electron chi connectivity index (χ4n) is 2.42. The number of amides is 1. The van der Waals surface area contributed by atoms with E-state index < -0.39 is 29.2 Å². The minimum atomic E-state index is -0.838. The highest BCUT2D eigenvalue weighted by Gasteiger charge is 2.18. The van der Waals surface area contributed by atoms with Crippen molar-refractivity contribution in [1.29, 1.82) is 0 Å². The van der Waals surface area contributed by atoms with Crippen LogP contribution < -0.4 is 5.32 Å².